The molecule has 5 nitrogen and oxygen atoms in total. The Morgan fingerprint density at radius 3 is 2.71 bits per heavy atom. The van der Waals surface area contributed by atoms with Gasteiger partial charge in [0.2, 0.25) is 0 Å². The standard InChI is InChI=1S/C16H27NO4/c1-19-15(18)11-17(13-4-2-3-5-13)14-6-8-21-16(10-14)7-9-20-12-16/h13-14H,2-12H2,1H3. The molecule has 0 N–H and O–H groups in total. The van der Waals surface area contributed by atoms with E-state index in [2.05, 4.69) is 4.90 Å². The van der Waals surface area contributed by atoms with E-state index in [0.29, 0.717) is 25.2 Å². The molecule has 5 heteroatoms. The van der Waals surface area contributed by atoms with Crippen molar-refractivity contribution < 1.29 is 19.0 Å². The number of methoxy groups -OCH3 is 1. The first-order valence-corrected chi connectivity index (χ1v) is 8.27. The van der Waals surface area contributed by atoms with E-state index >= 15 is 0 Å². The molecule has 120 valence electrons. The summed E-state index contributed by atoms with van der Waals surface area (Å²) >= 11 is 0. The van der Waals surface area contributed by atoms with Gasteiger partial charge in [0, 0.05) is 31.7 Å². The van der Waals surface area contributed by atoms with Gasteiger partial charge in [-0.05, 0) is 25.7 Å². The second kappa shape index (κ2) is 6.63. The molecule has 21 heavy (non-hydrogen) atoms. The maximum atomic E-state index is 11.8. The van der Waals surface area contributed by atoms with Crippen molar-refractivity contribution in [2.24, 2.45) is 0 Å². The Morgan fingerprint density at radius 2 is 2.05 bits per heavy atom. The van der Waals surface area contributed by atoms with Gasteiger partial charge in [-0.3, -0.25) is 9.69 Å². The number of esters is 1. The van der Waals surface area contributed by atoms with Crippen molar-refractivity contribution in [2.45, 2.75) is 62.6 Å². The van der Waals surface area contributed by atoms with Crippen LogP contribution in [0.2, 0.25) is 0 Å². The minimum atomic E-state index is -0.120. The molecule has 1 aliphatic carbocycles. The SMILES string of the molecule is COC(=O)CN(C1CCCC1)C1CCOC2(CCOC2)C1. The van der Waals surface area contributed by atoms with Crippen LogP contribution in [-0.2, 0) is 19.0 Å². The summed E-state index contributed by atoms with van der Waals surface area (Å²) in [4.78, 5) is 14.2. The zero-order valence-corrected chi connectivity index (χ0v) is 13.0. The Labute approximate surface area is 126 Å². The lowest BCUT2D eigenvalue weighted by atomic mass is 9.88. The molecule has 0 bridgehead atoms. The lowest BCUT2D eigenvalue weighted by molar-refractivity contribution is -0.147. The second-order valence-corrected chi connectivity index (χ2v) is 6.67. The molecular formula is C16H27NO4. The normalized spacial score (nSPS) is 33.9. The highest BCUT2D eigenvalue weighted by Gasteiger charge is 2.44. The maximum absolute atomic E-state index is 11.8. The molecule has 2 saturated heterocycles. The van der Waals surface area contributed by atoms with E-state index in [-0.39, 0.29) is 11.6 Å². The molecule has 0 radical (unpaired) electrons. The third-order valence-corrected chi connectivity index (χ3v) is 5.34. The van der Waals surface area contributed by atoms with Crippen LogP contribution in [0.4, 0.5) is 0 Å². The van der Waals surface area contributed by atoms with Crippen molar-refractivity contribution in [3.05, 3.63) is 0 Å². The molecule has 0 amide bonds. The van der Waals surface area contributed by atoms with Gasteiger partial charge in [0.25, 0.3) is 0 Å². The number of hydrogen-bond donors (Lipinski definition) is 0. The highest BCUT2D eigenvalue weighted by molar-refractivity contribution is 5.71. The highest BCUT2D eigenvalue weighted by atomic mass is 16.6. The largest absolute Gasteiger partial charge is 0.468 e. The number of ether oxygens (including phenoxy) is 3. The smallest absolute Gasteiger partial charge is 0.319 e. The molecule has 2 atom stereocenters. The summed E-state index contributed by atoms with van der Waals surface area (Å²) in [5, 5.41) is 0. The predicted molar refractivity (Wildman–Crippen MR) is 78.1 cm³/mol. The first-order chi connectivity index (χ1) is 10.2. The topological polar surface area (TPSA) is 48.0 Å². The van der Waals surface area contributed by atoms with Crippen molar-refractivity contribution in [3.8, 4) is 0 Å². The van der Waals surface area contributed by atoms with Gasteiger partial charge in [-0.25, -0.2) is 0 Å². The number of carbonyl (C=O) groups is 1. The van der Waals surface area contributed by atoms with Crippen LogP contribution in [0.1, 0.15) is 44.9 Å². The van der Waals surface area contributed by atoms with Crippen molar-refractivity contribution in [1.82, 2.24) is 4.90 Å². The molecule has 0 aromatic carbocycles. The summed E-state index contributed by atoms with van der Waals surface area (Å²) in [7, 11) is 1.48. The van der Waals surface area contributed by atoms with Crippen LogP contribution in [0, 0.1) is 0 Å². The number of nitrogens with zero attached hydrogens (tertiary/aromatic N) is 1. The average molecular weight is 297 g/mol. The van der Waals surface area contributed by atoms with Crippen LogP contribution in [0.5, 0.6) is 0 Å². The van der Waals surface area contributed by atoms with Gasteiger partial charge < -0.3 is 14.2 Å². The molecule has 0 aromatic rings. The van der Waals surface area contributed by atoms with Crippen LogP contribution < -0.4 is 0 Å². The van der Waals surface area contributed by atoms with E-state index in [9.17, 15) is 4.79 Å². The summed E-state index contributed by atoms with van der Waals surface area (Å²) in [6.07, 6.45) is 7.95. The minimum Gasteiger partial charge on any atom is -0.468 e. The molecule has 3 aliphatic rings. The van der Waals surface area contributed by atoms with Gasteiger partial charge >= 0.3 is 5.97 Å². The van der Waals surface area contributed by atoms with Crippen LogP contribution in [0.15, 0.2) is 0 Å². The van der Waals surface area contributed by atoms with Crippen LogP contribution >= 0.6 is 0 Å². The average Bonchev–Trinajstić information content (AvgIpc) is 3.17. The van der Waals surface area contributed by atoms with Crippen molar-refractivity contribution >= 4 is 5.97 Å². The van der Waals surface area contributed by atoms with E-state index in [1.54, 1.807) is 0 Å². The van der Waals surface area contributed by atoms with E-state index in [4.69, 9.17) is 14.2 Å². The molecule has 2 unspecified atom stereocenters. The molecule has 0 aromatic heterocycles. The van der Waals surface area contributed by atoms with Gasteiger partial charge in [-0.15, -0.1) is 0 Å². The second-order valence-electron chi connectivity index (χ2n) is 6.67. The zero-order valence-electron chi connectivity index (χ0n) is 13.0. The summed E-state index contributed by atoms with van der Waals surface area (Å²) in [5.74, 6) is -0.120. The van der Waals surface area contributed by atoms with E-state index in [1.165, 1.54) is 32.8 Å². The molecule has 3 rings (SSSR count). The zero-order chi connectivity index (χ0) is 14.7. The maximum Gasteiger partial charge on any atom is 0.319 e. The molecule has 2 aliphatic heterocycles. The molecular weight excluding hydrogens is 270 g/mol. The summed E-state index contributed by atoms with van der Waals surface area (Å²) in [5.41, 5.74) is -0.101. The van der Waals surface area contributed by atoms with Crippen LogP contribution in [-0.4, -0.2) is 62.0 Å². The number of hydrogen-bond acceptors (Lipinski definition) is 5. The lowest BCUT2D eigenvalue weighted by Gasteiger charge is -2.44. The van der Waals surface area contributed by atoms with Gasteiger partial charge in [0.15, 0.2) is 0 Å². The van der Waals surface area contributed by atoms with E-state index in [1.807, 2.05) is 0 Å². The Kier molecular flexibility index (Phi) is 4.82. The number of carbonyl (C=O) groups excluding carboxylic acids is 1. The summed E-state index contributed by atoms with van der Waals surface area (Å²) in [6, 6.07) is 0.953. The predicted octanol–water partition coefficient (Wildman–Crippen LogP) is 1.74. The molecule has 1 saturated carbocycles. The van der Waals surface area contributed by atoms with Crippen LogP contribution in [0.3, 0.4) is 0 Å². The summed E-state index contributed by atoms with van der Waals surface area (Å²) in [6.45, 7) is 2.70. The third-order valence-electron chi connectivity index (χ3n) is 5.34. The first kappa shape index (κ1) is 15.3. The van der Waals surface area contributed by atoms with Crippen molar-refractivity contribution in [3.63, 3.8) is 0 Å². The summed E-state index contributed by atoms with van der Waals surface area (Å²) < 4.78 is 16.5. The molecule has 1 spiro atoms. The van der Waals surface area contributed by atoms with E-state index in [0.717, 1.165) is 32.5 Å². The fraction of sp³-hybridized carbons (Fsp3) is 0.938. The van der Waals surface area contributed by atoms with Gasteiger partial charge in [0.1, 0.15) is 0 Å². The van der Waals surface area contributed by atoms with Gasteiger partial charge in [-0.2, -0.15) is 0 Å². The van der Waals surface area contributed by atoms with Crippen molar-refractivity contribution in [2.75, 3.05) is 33.5 Å². The lowest BCUT2D eigenvalue weighted by Crippen LogP contribution is -2.53. The highest BCUT2D eigenvalue weighted by Crippen LogP contribution is 2.37. The quantitative estimate of drug-likeness (QED) is 0.740. The Bertz CT molecular complexity index is 361. The molecule has 2 heterocycles. The van der Waals surface area contributed by atoms with Gasteiger partial charge in [-0.1, -0.05) is 12.8 Å². The fourth-order valence-electron chi connectivity index (χ4n) is 4.15. The van der Waals surface area contributed by atoms with Crippen LogP contribution in [0.25, 0.3) is 0 Å². The monoisotopic (exact) mass is 297 g/mol. The Balaban J connectivity index is 1.70. The first-order valence-electron chi connectivity index (χ1n) is 8.27. The Morgan fingerprint density at radius 1 is 1.24 bits per heavy atom. The number of rotatable bonds is 4. The molecule has 3 fully saturated rings. The third kappa shape index (κ3) is 3.41. The minimum absolute atomic E-state index is 0.101. The van der Waals surface area contributed by atoms with Crippen molar-refractivity contribution in [1.29, 1.82) is 0 Å². The van der Waals surface area contributed by atoms with Gasteiger partial charge in [0.05, 0.1) is 25.9 Å². The van der Waals surface area contributed by atoms with E-state index < -0.39 is 0 Å². The Hall–Kier alpha value is -0.650. The fourth-order valence-corrected chi connectivity index (χ4v) is 4.15.